The van der Waals surface area contributed by atoms with Crippen molar-refractivity contribution in [2.75, 3.05) is 6.61 Å². The number of carbonyl (C=O) groups is 2. The monoisotopic (exact) mass is 589 g/mol. The Morgan fingerprint density at radius 1 is 0.953 bits per heavy atom. The van der Waals surface area contributed by atoms with Gasteiger partial charge in [0.25, 0.3) is 0 Å². The molecule has 0 heterocycles. The van der Waals surface area contributed by atoms with E-state index in [2.05, 4.69) is 16.0 Å². The molecular formula is C34H43N3O6. The van der Waals surface area contributed by atoms with Crippen LogP contribution in [0.3, 0.4) is 0 Å². The lowest BCUT2D eigenvalue weighted by Gasteiger charge is -2.32. The van der Waals surface area contributed by atoms with Gasteiger partial charge in [0, 0.05) is 13.0 Å². The molecule has 9 nitrogen and oxygen atoms in total. The summed E-state index contributed by atoms with van der Waals surface area (Å²) in [5, 5.41) is 31.6. The number of fused-ring (bicyclic) bond motifs is 1. The summed E-state index contributed by atoms with van der Waals surface area (Å²) >= 11 is 0. The zero-order valence-corrected chi connectivity index (χ0v) is 25.2. The van der Waals surface area contributed by atoms with Crippen molar-refractivity contribution in [2.24, 2.45) is 0 Å². The summed E-state index contributed by atoms with van der Waals surface area (Å²) < 4.78 is 11.0. The van der Waals surface area contributed by atoms with E-state index in [4.69, 9.17) is 9.47 Å². The third kappa shape index (κ3) is 9.03. The highest BCUT2D eigenvalue weighted by atomic mass is 16.6. The number of aliphatic hydroxyl groups is 2. The maximum Gasteiger partial charge on any atom is 0.407 e. The second kappa shape index (κ2) is 14.5. The molecule has 0 aliphatic heterocycles. The quantitative estimate of drug-likeness (QED) is 0.217. The van der Waals surface area contributed by atoms with Gasteiger partial charge < -0.3 is 30.3 Å². The molecule has 5 N–H and O–H groups in total. The van der Waals surface area contributed by atoms with Crippen molar-refractivity contribution >= 4 is 12.0 Å². The second-order valence-electron chi connectivity index (χ2n) is 11.8. The standard InChI is InChI=1S/C34H43N3O6/c1-5-42-25-17-15-23(16-18-25)21-35-30(32(40)37-29-26-14-10-9-13-24(26)20-28(29)38)31(39)27(19-22-11-7-6-8-12-22)36-33(41)43-34(2,3)4/h6-18,27-31,35,38-39H,5,19-21H2,1-4H3,(H,36,41)(H,37,40)/t27-,28?,29?,30+,31-/m0/s1. The number of hydrogen-bond donors (Lipinski definition) is 5. The van der Waals surface area contributed by atoms with Crippen LogP contribution in [-0.4, -0.2) is 58.7 Å². The van der Waals surface area contributed by atoms with Gasteiger partial charge in [0.1, 0.15) is 17.4 Å². The molecule has 2 unspecified atom stereocenters. The van der Waals surface area contributed by atoms with Gasteiger partial charge in [0.05, 0.1) is 30.9 Å². The van der Waals surface area contributed by atoms with Crippen molar-refractivity contribution in [1.82, 2.24) is 16.0 Å². The lowest BCUT2D eigenvalue weighted by molar-refractivity contribution is -0.128. The Bertz CT molecular complexity index is 1340. The summed E-state index contributed by atoms with van der Waals surface area (Å²) in [5.41, 5.74) is 2.80. The van der Waals surface area contributed by atoms with Gasteiger partial charge in [0.15, 0.2) is 0 Å². The van der Waals surface area contributed by atoms with Crippen LogP contribution in [0.5, 0.6) is 5.75 Å². The SMILES string of the molecule is CCOc1ccc(CN[C@@H](C(=O)NC2c3ccccc3CC2O)[C@@H](O)[C@H](Cc2ccccc2)NC(=O)OC(C)(C)C)cc1. The minimum absolute atomic E-state index is 0.255. The van der Waals surface area contributed by atoms with E-state index in [-0.39, 0.29) is 13.0 Å². The molecule has 0 fully saturated rings. The molecule has 0 saturated carbocycles. The van der Waals surface area contributed by atoms with Gasteiger partial charge in [-0.25, -0.2) is 4.79 Å². The normalized spacial score (nSPS) is 18.2. The molecule has 5 atom stereocenters. The van der Waals surface area contributed by atoms with Crippen LogP contribution in [-0.2, 0) is 28.9 Å². The molecule has 0 radical (unpaired) electrons. The predicted octanol–water partition coefficient (Wildman–Crippen LogP) is 3.81. The summed E-state index contributed by atoms with van der Waals surface area (Å²) in [4.78, 5) is 26.8. The highest BCUT2D eigenvalue weighted by Gasteiger charge is 2.38. The average molecular weight is 590 g/mol. The Balaban J connectivity index is 1.60. The predicted molar refractivity (Wildman–Crippen MR) is 165 cm³/mol. The highest BCUT2D eigenvalue weighted by Crippen LogP contribution is 2.31. The number of alkyl carbamates (subject to hydrolysis) is 1. The number of aliphatic hydroxyl groups excluding tert-OH is 2. The van der Waals surface area contributed by atoms with Crippen LogP contribution in [0.25, 0.3) is 0 Å². The van der Waals surface area contributed by atoms with Crippen molar-refractivity contribution < 1.29 is 29.3 Å². The van der Waals surface area contributed by atoms with E-state index in [9.17, 15) is 19.8 Å². The van der Waals surface area contributed by atoms with Crippen molar-refractivity contribution in [3.8, 4) is 5.75 Å². The number of carbonyl (C=O) groups excluding carboxylic acids is 2. The van der Waals surface area contributed by atoms with E-state index in [0.29, 0.717) is 13.0 Å². The Morgan fingerprint density at radius 2 is 1.63 bits per heavy atom. The maximum absolute atomic E-state index is 13.9. The molecule has 9 heteroatoms. The first kappa shape index (κ1) is 32.0. The van der Waals surface area contributed by atoms with Crippen LogP contribution in [0.2, 0.25) is 0 Å². The van der Waals surface area contributed by atoms with Crippen molar-refractivity contribution in [3.63, 3.8) is 0 Å². The molecule has 3 aromatic carbocycles. The molecule has 4 rings (SSSR count). The van der Waals surface area contributed by atoms with Crippen LogP contribution in [0.1, 0.15) is 56.0 Å². The van der Waals surface area contributed by atoms with Gasteiger partial charge in [-0.05, 0) is 68.5 Å². The molecule has 0 aromatic heterocycles. The van der Waals surface area contributed by atoms with Gasteiger partial charge >= 0.3 is 6.09 Å². The van der Waals surface area contributed by atoms with Gasteiger partial charge in [-0.2, -0.15) is 0 Å². The smallest absolute Gasteiger partial charge is 0.407 e. The molecule has 0 saturated heterocycles. The van der Waals surface area contributed by atoms with Crippen molar-refractivity contribution in [3.05, 3.63) is 101 Å². The minimum atomic E-state index is -1.36. The number of rotatable bonds is 12. The fourth-order valence-corrected chi connectivity index (χ4v) is 5.27. The van der Waals surface area contributed by atoms with Gasteiger partial charge in [-0.15, -0.1) is 0 Å². The summed E-state index contributed by atoms with van der Waals surface area (Å²) in [7, 11) is 0. The Labute approximate surface area is 253 Å². The maximum atomic E-state index is 13.9. The molecule has 0 bridgehead atoms. The third-order valence-electron chi connectivity index (χ3n) is 7.30. The van der Waals surface area contributed by atoms with Crippen molar-refractivity contribution in [2.45, 2.75) is 83.0 Å². The second-order valence-corrected chi connectivity index (χ2v) is 11.8. The number of amides is 2. The Morgan fingerprint density at radius 3 is 2.30 bits per heavy atom. The Hall–Kier alpha value is -3.92. The third-order valence-corrected chi connectivity index (χ3v) is 7.30. The van der Waals surface area contributed by atoms with E-state index in [1.165, 1.54) is 0 Å². The first-order chi connectivity index (χ1) is 20.5. The first-order valence-electron chi connectivity index (χ1n) is 14.8. The molecule has 3 aromatic rings. The highest BCUT2D eigenvalue weighted by molar-refractivity contribution is 5.83. The van der Waals surface area contributed by atoms with Crippen LogP contribution >= 0.6 is 0 Å². The molecule has 1 aliphatic carbocycles. The zero-order valence-electron chi connectivity index (χ0n) is 25.2. The summed E-state index contributed by atoms with van der Waals surface area (Å²) in [6.07, 6.45) is -2.18. The van der Waals surface area contributed by atoms with E-state index in [0.717, 1.165) is 28.0 Å². The fraction of sp³-hybridized carbons (Fsp3) is 0.412. The van der Waals surface area contributed by atoms with E-state index >= 15 is 0 Å². The van der Waals surface area contributed by atoms with Gasteiger partial charge in [-0.3, -0.25) is 10.1 Å². The molecule has 1 aliphatic rings. The summed E-state index contributed by atoms with van der Waals surface area (Å²) in [6, 6.07) is 21.8. The molecule has 230 valence electrons. The molecule has 43 heavy (non-hydrogen) atoms. The first-order valence-corrected chi connectivity index (χ1v) is 14.8. The van der Waals surface area contributed by atoms with Crippen LogP contribution in [0.15, 0.2) is 78.9 Å². The fourth-order valence-electron chi connectivity index (χ4n) is 5.27. The largest absolute Gasteiger partial charge is 0.494 e. The summed E-state index contributed by atoms with van der Waals surface area (Å²) in [6.45, 7) is 8.00. The summed E-state index contributed by atoms with van der Waals surface area (Å²) in [5.74, 6) is 0.238. The van der Waals surface area contributed by atoms with Crippen LogP contribution in [0.4, 0.5) is 4.79 Å². The van der Waals surface area contributed by atoms with E-state index in [1.54, 1.807) is 20.8 Å². The van der Waals surface area contributed by atoms with Gasteiger partial charge in [-0.1, -0.05) is 66.7 Å². The number of nitrogens with one attached hydrogen (secondary N) is 3. The number of ether oxygens (including phenoxy) is 2. The topological polar surface area (TPSA) is 129 Å². The lowest BCUT2D eigenvalue weighted by Crippen LogP contribution is -2.60. The van der Waals surface area contributed by atoms with E-state index < -0.39 is 47.9 Å². The van der Waals surface area contributed by atoms with Gasteiger partial charge in [0.2, 0.25) is 5.91 Å². The zero-order chi connectivity index (χ0) is 31.0. The number of benzene rings is 3. The average Bonchev–Trinajstić information content (AvgIpc) is 3.27. The number of hydrogen-bond acceptors (Lipinski definition) is 7. The van der Waals surface area contributed by atoms with Crippen LogP contribution < -0.4 is 20.7 Å². The van der Waals surface area contributed by atoms with Crippen LogP contribution in [0, 0.1) is 0 Å². The lowest BCUT2D eigenvalue weighted by atomic mass is 9.95. The molecular weight excluding hydrogens is 546 g/mol. The van der Waals surface area contributed by atoms with Crippen molar-refractivity contribution in [1.29, 1.82) is 0 Å². The van der Waals surface area contributed by atoms with E-state index in [1.807, 2.05) is 85.8 Å². The molecule has 2 amide bonds. The Kier molecular flexibility index (Phi) is 10.8. The molecule has 0 spiro atoms. The minimum Gasteiger partial charge on any atom is -0.494 e.